The van der Waals surface area contributed by atoms with Gasteiger partial charge in [0.1, 0.15) is 0 Å². The molecular weight excluding hydrogens is 196 g/mol. The summed E-state index contributed by atoms with van der Waals surface area (Å²) in [6.07, 6.45) is 9.77. The molecule has 0 saturated carbocycles. The number of aromatic amines is 1. The Morgan fingerprint density at radius 3 is 2.19 bits per heavy atom. The van der Waals surface area contributed by atoms with Crippen LogP contribution in [0.4, 0.5) is 0 Å². The lowest BCUT2D eigenvalue weighted by molar-refractivity contribution is 0.758. The lowest BCUT2D eigenvalue weighted by atomic mass is 10.0. The van der Waals surface area contributed by atoms with Crippen LogP contribution in [-0.2, 0) is 19.3 Å². The van der Waals surface area contributed by atoms with Crippen LogP contribution in [0.1, 0.15) is 69.8 Å². The van der Waals surface area contributed by atoms with Crippen molar-refractivity contribution < 1.29 is 0 Å². The van der Waals surface area contributed by atoms with Crippen LogP contribution in [0.3, 0.4) is 0 Å². The molecule has 0 aliphatic carbocycles. The zero-order valence-electron chi connectivity index (χ0n) is 11.1. The normalized spacial score (nSPS) is 10.9. The molecule has 0 aliphatic heterocycles. The van der Waals surface area contributed by atoms with E-state index in [0.717, 1.165) is 6.42 Å². The van der Waals surface area contributed by atoms with Crippen molar-refractivity contribution in [1.29, 1.82) is 0 Å². The third-order valence-electron chi connectivity index (χ3n) is 3.09. The molecule has 0 aromatic carbocycles. The van der Waals surface area contributed by atoms with Gasteiger partial charge in [0.2, 0.25) is 0 Å². The van der Waals surface area contributed by atoms with Gasteiger partial charge in [0.15, 0.2) is 0 Å². The molecule has 0 bridgehead atoms. The minimum atomic E-state index is 1.15. The summed E-state index contributed by atoms with van der Waals surface area (Å²) in [6.45, 7) is 6.73. The van der Waals surface area contributed by atoms with Gasteiger partial charge < -0.3 is 0 Å². The summed E-state index contributed by atoms with van der Waals surface area (Å²) in [5.74, 6) is 0. The van der Waals surface area contributed by atoms with E-state index in [-0.39, 0.29) is 0 Å². The zero-order valence-corrected chi connectivity index (χ0v) is 11.1. The van der Waals surface area contributed by atoms with Gasteiger partial charge >= 0.3 is 0 Å². The summed E-state index contributed by atoms with van der Waals surface area (Å²) >= 11 is 0. The van der Waals surface area contributed by atoms with E-state index in [9.17, 15) is 0 Å². The largest absolute Gasteiger partial charge is 0.282 e. The standard InChI is InChI=1S/C14H26N2/c1-4-7-10-13-12(9-6-3)14(16-15-13)11-8-5-2/h4-11H2,1-3H3,(H,15,16). The van der Waals surface area contributed by atoms with Crippen LogP contribution in [0.25, 0.3) is 0 Å². The van der Waals surface area contributed by atoms with Gasteiger partial charge in [0.05, 0.1) is 5.69 Å². The van der Waals surface area contributed by atoms with E-state index in [1.54, 1.807) is 0 Å². The molecule has 0 saturated heterocycles. The Balaban J connectivity index is 2.70. The Labute approximate surface area is 99.8 Å². The zero-order chi connectivity index (χ0) is 11.8. The van der Waals surface area contributed by atoms with E-state index >= 15 is 0 Å². The maximum atomic E-state index is 4.50. The molecule has 92 valence electrons. The van der Waals surface area contributed by atoms with Crippen molar-refractivity contribution in [3.8, 4) is 0 Å². The molecule has 2 nitrogen and oxygen atoms in total. The first-order valence-corrected chi connectivity index (χ1v) is 6.88. The molecule has 0 radical (unpaired) electrons. The highest BCUT2D eigenvalue weighted by atomic mass is 15.1. The SMILES string of the molecule is CCCCc1n[nH]c(CCCC)c1CCC. The van der Waals surface area contributed by atoms with Crippen LogP contribution in [0.15, 0.2) is 0 Å². The van der Waals surface area contributed by atoms with E-state index in [1.807, 2.05) is 0 Å². The number of aromatic nitrogens is 2. The van der Waals surface area contributed by atoms with E-state index in [2.05, 4.69) is 31.0 Å². The molecule has 1 N–H and O–H groups in total. The van der Waals surface area contributed by atoms with E-state index in [4.69, 9.17) is 0 Å². The molecule has 0 fully saturated rings. The Morgan fingerprint density at radius 2 is 1.56 bits per heavy atom. The number of H-pyrrole nitrogens is 1. The van der Waals surface area contributed by atoms with Gasteiger partial charge in [-0.2, -0.15) is 5.10 Å². The summed E-state index contributed by atoms with van der Waals surface area (Å²) in [5.41, 5.74) is 4.24. The summed E-state index contributed by atoms with van der Waals surface area (Å²) in [5, 5.41) is 7.75. The second kappa shape index (κ2) is 7.48. The number of hydrogen-bond donors (Lipinski definition) is 1. The van der Waals surface area contributed by atoms with Crippen molar-refractivity contribution in [2.24, 2.45) is 0 Å². The predicted octanol–water partition coefficient (Wildman–Crippen LogP) is 4.05. The fraction of sp³-hybridized carbons (Fsp3) is 0.786. The van der Waals surface area contributed by atoms with Crippen LogP contribution in [0.2, 0.25) is 0 Å². The summed E-state index contributed by atoms with van der Waals surface area (Å²) in [6, 6.07) is 0. The summed E-state index contributed by atoms with van der Waals surface area (Å²) in [7, 11) is 0. The minimum Gasteiger partial charge on any atom is -0.282 e. The molecular formula is C14H26N2. The van der Waals surface area contributed by atoms with Gasteiger partial charge in [0.25, 0.3) is 0 Å². The van der Waals surface area contributed by atoms with Gasteiger partial charge in [-0.3, -0.25) is 5.10 Å². The average Bonchev–Trinajstić information content (AvgIpc) is 2.67. The smallest absolute Gasteiger partial charge is 0.0656 e. The molecule has 0 amide bonds. The molecule has 0 aliphatic rings. The van der Waals surface area contributed by atoms with E-state index in [0.29, 0.717) is 0 Å². The fourth-order valence-corrected chi connectivity index (χ4v) is 2.10. The lowest BCUT2D eigenvalue weighted by Crippen LogP contribution is -1.96. The first-order chi connectivity index (χ1) is 7.83. The Morgan fingerprint density at radius 1 is 0.875 bits per heavy atom. The average molecular weight is 222 g/mol. The first-order valence-electron chi connectivity index (χ1n) is 6.88. The third kappa shape index (κ3) is 3.66. The molecule has 1 rings (SSSR count). The maximum Gasteiger partial charge on any atom is 0.0656 e. The van der Waals surface area contributed by atoms with Crippen molar-refractivity contribution in [3.63, 3.8) is 0 Å². The van der Waals surface area contributed by atoms with Gasteiger partial charge in [-0.15, -0.1) is 0 Å². The predicted molar refractivity (Wildman–Crippen MR) is 69.8 cm³/mol. The molecule has 0 unspecified atom stereocenters. The molecule has 2 heteroatoms. The molecule has 1 aromatic heterocycles. The van der Waals surface area contributed by atoms with E-state index in [1.165, 1.54) is 61.9 Å². The van der Waals surface area contributed by atoms with Gasteiger partial charge in [-0.05, 0) is 37.7 Å². The Hall–Kier alpha value is -0.790. The molecule has 0 spiro atoms. The number of aryl methyl sites for hydroxylation is 2. The third-order valence-corrected chi connectivity index (χ3v) is 3.09. The topological polar surface area (TPSA) is 28.7 Å². The number of unbranched alkanes of at least 4 members (excludes halogenated alkanes) is 2. The highest BCUT2D eigenvalue weighted by molar-refractivity contribution is 5.26. The highest BCUT2D eigenvalue weighted by Crippen LogP contribution is 2.18. The number of rotatable bonds is 8. The van der Waals surface area contributed by atoms with Gasteiger partial charge in [0, 0.05) is 5.69 Å². The van der Waals surface area contributed by atoms with Crippen molar-refractivity contribution in [2.75, 3.05) is 0 Å². The van der Waals surface area contributed by atoms with Crippen molar-refractivity contribution >= 4 is 0 Å². The van der Waals surface area contributed by atoms with Crippen LogP contribution in [0.5, 0.6) is 0 Å². The van der Waals surface area contributed by atoms with Crippen molar-refractivity contribution in [1.82, 2.24) is 10.2 Å². The number of nitrogens with one attached hydrogen (secondary N) is 1. The molecule has 16 heavy (non-hydrogen) atoms. The summed E-state index contributed by atoms with van der Waals surface area (Å²) < 4.78 is 0. The monoisotopic (exact) mass is 222 g/mol. The van der Waals surface area contributed by atoms with Crippen LogP contribution < -0.4 is 0 Å². The second-order valence-corrected chi connectivity index (χ2v) is 4.58. The van der Waals surface area contributed by atoms with Crippen LogP contribution in [-0.4, -0.2) is 10.2 Å². The van der Waals surface area contributed by atoms with Gasteiger partial charge in [-0.1, -0.05) is 40.0 Å². The number of hydrogen-bond acceptors (Lipinski definition) is 1. The molecule has 1 heterocycles. The maximum absolute atomic E-state index is 4.50. The quantitative estimate of drug-likeness (QED) is 0.706. The Kier molecular flexibility index (Phi) is 6.20. The fourth-order valence-electron chi connectivity index (χ4n) is 2.10. The lowest BCUT2D eigenvalue weighted by Gasteiger charge is -2.03. The second-order valence-electron chi connectivity index (χ2n) is 4.58. The number of nitrogens with zero attached hydrogens (tertiary/aromatic N) is 1. The first kappa shape index (κ1) is 13.3. The molecule has 0 atom stereocenters. The van der Waals surface area contributed by atoms with Crippen LogP contribution >= 0.6 is 0 Å². The highest BCUT2D eigenvalue weighted by Gasteiger charge is 2.11. The van der Waals surface area contributed by atoms with Crippen molar-refractivity contribution in [2.45, 2.75) is 72.1 Å². The van der Waals surface area contributed by atoms with Gasteiger partial charge in [-0.25, -0.2) is 0 Å². The minimum absolute atomic E-state index is 1.15. The molecule has 1 aromatic rings. The summed E-state index contributed by atoms with van der Waals surface area (Å²) in [4.78, 5) is 0. The van der Waals surface area contributed by atoms with Crippen molar-refractivity contribution in [3.05, 3.63) is 17.0 Å². The van der Waals surface area contributed by atoms with E-state index < -0.39 is 0 Å². The Bertz CT molecular complexity index is 263. The van der Waals surface area contributed by atoms with Crippen LogP contribution in [0, 0.1) is 0 Å².